The van der Waals surface area contributed by atoms with Crippen LogP contribution in [0.2, 0.25) is 0 Å². The molecule has 5 nitrogen and oxygen atoms in total. The van der Waals surface area contributed by atoms with Gasteiger partial charge in [-0.25, -0.2) is 0 Å². The van der Waals surface area contributed by atoms with Crippen molar-refractivity contribution in [2.24, 2.45) is 0 Å². The molecule has 0 aliphatic rings. The summed E-state index contributed by atoms with van der Waals surface area (Å²) >= 11 is 22.6. The van der Waals surface area contributed by atoms with Crippen LogP contribution in [0, 0.1) is 0 Å². The number of hydrogen-bond donors (Lipinski definition) is 3. The molecule has 1 amide bonds. The number of anilines is 1. The van der Waals surface area contributed by atoms with Gasteiger partial charge in [-0.15, -0.1) is 0 Å². The number of para-hydroxylation sites is 2. The van der Waals surface area contributed by atoms with Gasteiger partial charge in [-0.2, -0.15) is 0 Å². The van der Waals surface area contributed by atoms with Crippen LogP contribution in [0.1, 0.15) is 0 Å². The molecule has 22 heavy (non-hydrogen) atoms. The summed E-state index contributed by atoms with van der Waals surface area (Å²) in [6.45, 7) is 3.33. The highest BCUT2D eigenvalue weighted by atomic mass is 35.6. The molecule has 1 rings (SSSR count). The number of halogens is 3. The maximum absolute atomic E-state index is 11.4. The molecule has 3 N–H and O–H groups in total. The third-order valence-electron chi connectivity index (χ3n) is 2.43. The highest BCUT2D eigenvalue weighted by Crippen LogP contribution is 2.29. The molecular weight excluding hydrogens is 369 g/mol. The lowest BCUT2D eigenvalue weighted by Crippen LogP contribution is -2.55. The van der Waals surface area contributed by atoms with Crippen molar-refractivity contribution in [3.05, 3.63) is 36.9 Å². The first-order chi connectivity index (χ1) is 10.3. The van der Waals surface area contributed by atoms with E-state index in [0.717, 1.165) is 6.08 Å². The Balaban J connectivity index is 2.79. The fourth-order valence-electron chi connectivity index (χ4n) is 1.44. The van der Waals surface area contributed by atoms with E-state index in [1.807, 2.05) is 6.07 Å². The van der Waals surface area contributed by atoms with Gasteiger partial charge < -0.3 is 20.7 Å². The van der Waals surface area contributed by atoms with Crippen LogP contribution in [0.5, 0.6) is 5.75 Å². The molecule has 1 unspecified atom stereocenters. The molecule has 0 heterocycles. The average molecular weight is 383 g/mol. The summed E-state index contributed by atoms with van der Waals surface area (Å²) in [5.74, 6) is 0.0797. The molecule has 0 fully saturated rings. The number of ether oxygens (including phenoxy) is 1. The van der Waals surface area contributed by atoms with Gasteiger partial charge in [0.1, 0.15) is 11.9 Å². The topological polar surface area (TPSA) is 62.4 Å². The number of benzene rings is 1. The van der Waals surface area contributed by atoms with Gasteiger partial charge in [0.15, 0.2) is 5.11 Å². The molecule has 0 radical (unpaired) electrons. The van der Waals surface area contributed by atoms with Gasteiger partial charge in [0.2, 0.25) is 9.70 Å². The molecule has 1 atom stereocenters. The van der Waals surface area contributed by atoms with E-state index in [2.05, 4.69) is 22.5 Å². The molecule has 9 heteroatoms. The van der Waals surface area contributed by atoms with Crippen molar-refractivity contribution in [2.75, 3.05) is 12.4 Å². The number of nitrogens with one attached hydrogen (secondary N) is 3. The van der Waals surface area contributed by atoms with Crippen molar-refractivity contribution in [1.82, 2.24) is 10.6 Å². The summed E-state index contributed by atoms with van der Waals surface area (Å²) in [4.78, 5) is 11.4. The molecule has 0 aromatic heterocycles. The van der Waals surface area contributed by atoms with Crippen LogP contribution < -0.4 is 20.7 Å². The molecule has 0 aliphatic heterocycles. The number of amides is 1. The van der Waals surface area contributed by atoms with E-state index in [1.54, 1.807) is 18.2 Å². The third-order valence-corrected chi connectivity index (χ3v) is 3.30. The minimum atomic E-state index is -1.81. The van der Waals surface area contributed by atoms with Gasteiger partial charge in [0, 0.05) is 0 Å². The zero-order valence-electron chi connectivity index (χ0n) is 11.5. The van der Waals surface area contributed by atoms with E-state index in [4.69, 9.17) is 51.8 Å². The first kappa shape index (κ1) is 18.8. The second-order valence-electron chi connectivity index (χ2n) is 3.99. The monoisotopic (exact) mass is 381 g/mol. The SMILES string of the molecule is C=CC(=O)NC(NC(=S)Nc1ccccc1OC)C(Cl)(Cl)Cl. The van der Waals surface area contributed by atoms with E-state index < -0.39 is 15.9 Å². The van der Waals surface area contributed by atoms with E-state index in [9.17, 15) is 4.79 Å². The Morgan fingerprint density at radius 3 is 2.55 bits per heavy atom. The molecule has 1 aromatic carbocycles. The standard InChI is InChI=1S/C13H14Cl3N3O2S/c1-3-10(20)18-11(13(14,15)16)19-12(22)17-8-6-4-5-7-9(8)21-2/h3-7,11H,1H2,2H3,(H,18,20)(H2,17,19,22). The predicted octanol–water partition coefficient (Wildman–Crippen LogP) is 2.98. The lowest BCUT2D eigenvalue weighted by Gasteiger charge is -2.27. The predicted molar refractivity (Wildman–Crippen MR) is 94.8 cm³/mol. The summed E-state index contributed by atoms with van der Waals surface area (Å²) in [6, 6.07) is 7.14. The van der Waals surface area contributed by atoms with Crippen LogP contribution in [-0.2, 0) is 4.79 Å². The minimum absolute atomic E-state index is 0.144. The van der Waals surface area contributed by atoms with Gasteiger partial charge in [-0.1, -0.05) is 53.5 Å². The number of carbonyl (C=O) groups is 1. The zero-order chi connectivity index (χ0) is 16.8. The molecular formula is C13H14Cl3N3O2S. The second-order valence-corrected chi connectivity index (χ2v) is 6.76. The first-order valence-corrected chi connectivity index (χ1v) is 7.52. The maximum Gasteiger partial charge on any atom is 0.245 e. The summed E-state index contributed by atoms with van der Waals surface area (Å²) in [6.07, 6.45) is 0.0135. The highest BCUT2D eigenvalue weighted by Gasteiger charge is 2.34. The van der Waals surface area contributed by atoms with Crippen LogP contribution in [0.25, 0.3) is 0 Å². The first-order valence-electron chi connectivity index (χ1n) is 5.98. The summed E-state index contributed by atoms with van der Waals surface area (Å²) in [7, 11) is 1.53. The number of carbonyl (C=O) groups excluding carboxylic acids is 1. The molecule has 120 valence electrons. The lowest BCUT2D eigenvalue weighted by molar-refractivity contribution is -0.117. The Kier molecular flexibility index (Phi) is 7.22. The van der Waals surface area contributed by atoms with E-state index >= 15 is 0 Å². The van der Waals surface area contributed by atoms with Crippen molar-refractivity contribution in [3.63, 3.8) is 0 Å². The van der Waals surface area contributed by atoms with Gasteiger partial charge in [-0.3, -0.25) is 4.79 Å². The Morgan fingerprint density at radius 1 is 1.36 bits per heavy atom. The molecule has 0 saturated heterocycles. The summed E-state index contributed by atoms with van der Waals surface area (Å²) in [5.41, 5.74) is 0.626. The summed E-state index contributed by atoms with van der Waals surface area (Å²) < 4.78 is 3.38. The molecule has 0 spiro atoms. The maximum atomic E-state index is 11.4. The number of alkyl halides is 3. The number of rotatable bonds is 5. The molecule has 1 aromatic rings. The Labute approximate surface area is 148 Å². The van der Waals surface area contributed by atoms with Crippen LogP contribution in [0.15, 0.2) is 36.9 Å². The molecule has 0 saturated carbocycles. The average Bonchev–Trinajstić information content (AvgIpc) is 2.45. The van der Waals surface area contributed by atoms with Crippen molar-refractivity contribution in [2.45, 2.75) is 9.96 Å². The van der Waals surface area contributed by atoms with Crippen molar-refractivity contribution in [1.29, 1.82) is 0 Å². The second kappa shape index (κ2) is 8.43. The van der Waals surface area contributed by atoms with Gasteiger partial charge in [0.05, 0.1) is 12.8 Å². The van der Waals surface area contributed by atoms with E-state index in [0.29, 0.717) is 11.4 Å². The van der Waals surface area contributed by atoms with Gasteiger partial charge in [-0.05, 0) is 30.4 Å². The Hall–Kier alpha value is -1.21. The fourth-order valence-corrected chi connectivity index (χ4v) is 1.99. The smallest absolute Gasteiger partial charge is 0.245 e. The van der Waals surface area contributed by atoms with Crippen LogP contribution in [0.4, 0.5) is 5.69 Å². The number of hydrogen-bond acceptors (Lipinski definition) is 3. The third kappa shape index (κ3) is 5.88. The largest absolute Gasteiger partial charge is 0.495 e. The van der Waals surface area contributed by atoms with Crippen LogP contribution >= 0.6 is 47.0 Å². The molecule has 0 bridgehead atoms. The van der Waals surface area contributed by atoms with Crippen molar-refractivity contribution in [3.8, 4) is 5.75 Å². The van der Waals surface area contributed by atoms with Gasteiger partial charge >= 0.3 is 0 Å². The fraction of sp³-hybridized carbons (Fsp3) is 0.231. The normalized spacial score (nSPS) is 12.0. The van der Waals surface area contributed by atoms with Crippen molar-refractivity contribution < 1.29 is 9.53 Å². The highest BCUT2D eigenvalue weighted by molar-refractivity contribution is 7.80. The van der Waals surface area contributed by atoms with E-state index in [-0.39, 0.29) is 5.11 Å². The van der Waals surface area contributed by atoms with Crippen LogP contribution in [-0.4, -0.2) is 28.1 Å². The quantitative estimate of drug-likeness (QED) is 0.316. The Bertz CT molecular complexity index is 564. The minimum Gasteiger partial charge on any atom is -0.495 e. The molecule has 0 aliphatic carbocycles. The van der Waals surface area contributed by atoms with E-state index in [1.165, 1.54) is 7.11 Å². The lowest BCUT2D eigenvalue weighted by atomic mass is 10.3. The van der Waals surface area contributed by atoms with Crippen LogP contribution in [0.3, 0.4) is 0 Å². The number of methoxy groups -OCH3 is 1. The van der Waals surface area contributed by atoms with Gasteiger partial charge in [0.25, 0.3) is 0 Å². The number of thiocarbonyl (C=S) groups is 1. The Morgan fingerprint density at radius 2 is 2.00 bits per heavy atom. The van der Waals surface area contributed by atoms with Crippen molar-refractivity contribution >= 4 is 63.7 Å². The summed E-state index contributed by atoms with van der Waals surface area (Å²) in [5, 5.41) is 8.18. The zero-order valence-corrected chi connectivity index (χ0v) is 14.6.